The van der Waals surface area contributed by atoms with Crippen molar-refractivity contribution in [3.05, 3.63) is 42.7 Å². The SMILES string of the molecule is CS(=O)(=O)c1ccc(N2CCN(C[C@@H]3CCCN(c4nc(N)n5nc(-c6ccco6)nc5n4)C3)CC2)cc1. The number of piperazine rings is 1. The van der Waals surface area contributed by atoms with Gasteiger partial charge < -0.3 is 20.0 Å². The summed E-state index contributed by atoms with van der Waals surface area (Å²) >= 11 is 0. The van der Waals surface area contributed by atoms with Crippen LogP contribution in [-0.2, 0) is 9.84 Å². The zero-order valence-electron chi connectivity index (χ0n) is 21.3. The molecular weight excluding hydrogens is 506 g/mol. The lowest BCUT2D eigenvalue weighted by Gasteiger charge is -2.40. The van der Waals surface area contributed by atoms with E-state index in [1.54, 1.807) is 30.5 Å². The van der Waals surface area contributed by atoms with Gasteiger partial charge in [-0.1, -0.05) is 0 Å². The largest absolute Gasteiger partial charge is 0.461 e. The van der Waals surface area contributed by atoms with Crippen molar-refractivity contribution in [3.63, 3.8) is 0 Å². The van der Waals surface area contributed by atoms with Gasteiger partial charge in [-0.3, -0.25) is 4.90 Å². The summed E-state index contributed by atoms with van der Waals surface area (Å²) in [6, 6.07) is 10.8. The van der Waals surface area contributed by atoms with Crippen LogP contribution in [0.15, 0.2) is 52.0 Å². The number of nitrogens with zero attached hydrogens (tertiary/aromatic N) is 8. The van der Waals surface area contributed by atoms with Gasteiger partial charge in [-0.25, -0.2) is 8.42 Å². The van der Waals surface area contributed by atoms with Crippen LogP contribution in [0.3, 0.4) is 0 Å². The third-order valence-electron chi connectivity index (χ3n) is 7.28. The highest BCUT2D eigenvalue weighted by Crippen LogP contribution is 2.25. The number of furan rings is 1. The maximum Gasteiger partial charge on any atom is 0.259 e. The van der Waals surface area contributed by atoms with E-state index in [9.17, 15) is 8.42 Å². The molecule has 2 N–H and O–H groups in total. The van der Waals surface area contributed by atoms with Crippen LogP contribution in [0.25, 0.3) is 17.4 Å². The van der Waals surface area contributed by atoms with Gasteiger partial charge >= 0.3 is 0 Å². The molecule has 5 heterocycles. The third kappa shape index (κ3) is 5.03. The second-order valence-electron chi connectivity index (χ2n) is 10.0. The van der Waals surface area contributed by atoms with Crippen molar-refractivity contribution in [1.29, 1.82) is 0 Å². The number of benzene rings is 1. The second-order valence-corrected chi connectivity index (χ2v) is 12.0. The van der Waals surface area contributed by atoms with Crippen molar-refractivity contribution in [2.75, 3.05) is 67.6 Å². The van der Waals surface area contributed by atoms with Gasteiger partial charge in [0.25, 0.3) is 5.78 Å². The molecule has 6 rings (SSSR count). The molecule has 1 atom stereocenters. The molecule has 0 saturated carbocycles. The fourth-order valence-electron chi connectivity index (χ4n) is 5.30. The van der Waals surface area contributed by atoms with Crippen molar-refractivity contribution < 1.29 is 12.8 Å². The van der Waals surface area contributed by atoms with Crippen molar-refractivity contribution in [1.82, 2.24) is 29.5 Å². The smallest absolute Gasteiger partial charge is 0.259 e. The fourth-order valence-corrected chi connectivity index (χ4v) is 5.93. The Balaban J connectivity index is 1.07. The number of anilines is 3. The standard InChI is InChI=1S/C25H31N9O3S/c1-38(35,36)20-8-6-19(7-9-20)32-13-11-31(12-14-32)16-18-4-2-10-33(17-18)24-28-23(26)34-25(29-24)27-22(30-34)21-5-3-15-37-21/h3,5-9,15,18H,2,4,10-14,16-17H2,1H3,(H2,26,27,28,29,30)/t18-/m0/s1. The fraction of sp³-hybridized carbons (Fsp3) is 0.440. The Hall–Kier alpha value is -3.71. The van der Waals surface area contributed by atoms with Crippen molar-refractivity contribution in [2.45, 2.75) is 17.7 Å². The molecule has 3 aromatic heterocycles. The molecule has 0 spiro atoms. The molecule has 12 nitrogen and oxygen atoms in total. The first kappa shape index (κ1) is 24.6. The van der Waals surface area contributed by atoms with Gasteiger partial charge in [-0.15, -0.1) is 5.10 Å². The Morgan fingerprint density at radius 2 is 1.79 bits per heavy atom. The zero-order valence-corrected chi connectivity index (χ0v) is 22.1. The lowest BCUT2D eigenvalue weighted by atomic mass is 9.97. The van der Waals surface area contributed by atoms with Gasteiger partial charge in [0.2, 0.25) is 17.7 Å². The van der Waals surface area contributed by atoms with E-state index in [2.05, 4.69) is 34.8 Å². The molecule has 2 saturated heterocycles. The van der Waals surface area contributed by atoms with Crippen LogP contribution >= 0.6 is 0 Å². The van der Waals surface area contributed by atoms with E-state index < -0.39 is 9.84 Å². The minimum absolute atomic E-state index is 0.248. The van der Waals surface area contributed by atoms with Gasteiger partial charge in [-0.2, -0.15) is 19.5 Å². The highest BCUT2D eigenvalue weighted by Gasteiger charge is 2.27. The quantitative estimate of drug-likeness (QED) is 0.385. The number of piperidine rings is 1. The maximum absolute atomic E-state index is 11.7. The molecule has 38 heavy (non-hydrogen) atoms. The molecule has 0 unspecified atom stereocenters. The Morgan fingerprint density at radius 1 is 1.00 bits per heavy atom. The number of nitrogen functional groups attached to an aromatic ring is 1. The topological polar surface area (TPSA) is 139 Å². The van der Waals surface area contributed by atoms with Crippen molar-refractivity contribution in [3.8, 4) is 11.6 Å². The number of sulfone groups is 1. The molecule has 0 amide bonds. The van der Waals surface area contributed by atoms with E-state index in [0.29, 0.717) is 34.1 Å². The first-order valence-electron chi connectivity index (χ1n) is 12.8. The maximum atomic E-state index is 11.7. The van der Waals surface area contributed by atoms with Crippen LogP contribution in [0.2, 0.25) is 0 Å². The highest BCUT2D eigenvalue weighted by molar-refractivity contribution is 7.90. The predicted octanol–water partition coefficient (Wildman–Crippen LogP) is 1.80. The number of hydrogen-bond donors (Lipinski definition) is 1. The molecule has 0 radical (unpaired) electrons. The van der Waals surface area contributed by atoms with Gasteiger partial charge in [0.1, 0.15) is 0 Å². The van der Waals surface area contributed by atoms with Gasteiger partial charge in [-0.05, 0) is 55.2 Å². The van der Waals surface area contributed by atoms with Crippen LogP contribution in [0, 0.1) is 5.92 Å². The van der Waals surface area contributed by atoms with E-state index in [-0.39, 0.29) is 5.95 Å². The molecular formula is C25H31N9O3S. The Kier molecular flexibility index (Phi) is 6.40. The molecule has 2 aliphatic heterocycles. The van der Waals surface area contributed by atoms with Crippen molar-refractivity contribution in [2.24, 2.45) is 5.92 Å². The molecule has 13 heteroatoms. The normalized spacial score (nSPS) is 19.3. The van der Waals surface area contributed by atoms with Crippen LogP contribution < -0.4 is 15.5 Å². The summed E-state index contributed by atoms with van der Waals surface area (Å²) in [7, 11) is -3.18. The molecule has 0 aliphatic carbocycles. The lowest BCUT2D eigenvalue weighted by molar-refractivity contribution is 0.205. The van der Waals surface area contributed by atoms with Crippen LogP contribution in [0.4, 0.5) is 17.6 Å². The lowest BCUT2D eigenvalue weighted by Crippen LogP contribution is -2.49. The summed E-state index contributed by atoms with van der Waals surface area (Å²) in [5.74, 6) is 2.72. The highest BCUT2D eigenvalue weighted by atomic mass is 32.2. The number of hydrogen-bond acceptors (Lipinski definition) is 11. The molecule has 200 valence electrons. The number of rotatable bonds is 6. The second kappa shape index (κ2) is 9.87. The van der Waals surface area contributed by atoms with E-state index in [1.807, 2.05) is 12.1 Å². The number of fused-ring (bicyclic) bond motifs is 1. The molecule has 0 bridgehead atoms. The van der Waals surface area contributed by atoms with Crippen LogP contribution in [-0.4, -0.2) is 90.0 Å². The predicted molar refractivity (Wildman–Crippen MR) is 144 cm³/mol. The Morgan fingerprint density at radius 3 is 2.50 bits per heavy atom. The average Bonchev–Trinajstić information content (AvgIpc) is 3.60. The van der Waals surface area contributed by atoms with E-state index in [4.69, 9.17) is 10.2 Å². The minimum atomic E-state index is -3.18. The van der Waals surface area contributed by atoms with E-state index in [1.165, 1.54) is 10.8 Å². The average molecular weight is 538 g/mol. The molecule has 2 fully saturated rings. The Labute approximate surface area is 221 Å². The summed E-state index contributed by atoms with van der Waals surface area (Å²) in [5.41, 5.74) is 7.28. The summed E-state index contributed by atoms with van der Waals surface area (Å²) < 4.78 is 30.3. The summed E-state index contributed by atoms with van der Waals surface area (Å²) in [6.07, 6.45) is 5.04. The molecule has 2 aliphatic rings. The van der Waals surface area contributed by atoms with Gasteiger partial charge in [0.05, 0.1) is 11.2 Å². The monoisotopic (exact) mass is 537 g/mol. The van der Waals surface area contributed by atoms with Crippen molar-refractivity contribution >= 4 is 33.2 Å². The minimum Gasteiger partial charge on any atom is -0.461 e. The zero-order chi connectivity index (χ0) is 26.3. The summed E-state index contributed by atoms with van der Waals surface area (Å²) in [4.78, 5) is 21.1. The first-order valence-corrected chi connectivity index (χ1v) is 14.7. The number of aromatic nitrogens is 5. The van der Waals surface area contributed by atoms with Gasteiger partial charge in [0, 0.05) is 57.8 Å². The first-order chi connectivity index (χ1) is 18.3. The van der Waals surface area contributed by atoms with Gasteiger partial charge in [0.15, 0.2) is 15.6 Å². The van der Waals surface area contributed by atoms with Crippen LogP contribution in [0.1, 0.15) is 12.8 Å². The number of nitrogens with two attached hydrogens (primary N) is 1. The Bertz CT molecular complexity index is 1510. The molecule has 4 aromatic rings. The van der Waals surface area contributed by atoms with Crippen LogP contribution in [0.5, 0.6) is 0 Å². The molecule has 1 aromatic carbocycles. The van der Waals surface area contributed by atoms with E-state index in [0.717, 1.165) is 64.3 Å². The summed E-state index contributed by atoms with van der Waals surface area (Å²) in [5, 5.41) is 4.38. The summed E-state index contributed by atoms with van der Waals surface area (Å²) in [6.45, 7) is 6.52. The third-order valence-corrected chi connectivity index (χ3v) is 8.41. The van der Waals surface area contributed by atoms with E-state index >= 15 is 0 Å².